The summed E-state index contributed by atoms with van der Waals surface area (Å²) in [6, 6.07) is 12.9. The lowest BCUT2D eigenvalue weighted by Gasteiger charge is -2.21. The molecule has 0 radical (unpaired) electrons. The van der Waals surface area contributed by atoms with Crippen LogP contribution in [-0.4, -0.2) is 41.1 Å². The first-order chi connectivity index (χ1) is 14.5. The number of para-hydroxylation sites is 3. The smallest absolute Gasteiger partial charge is 0.355 e. The molecule has 2 atom stereocenters. The van der Waals surface area contributed by atoms with E-state index < -0.39 is 34.7 Å². The van der Waals surface area contributed by atoms with Crippen molar-refractivity contribution in [3.63, 3.8) is 0 Å². The number of nitro groups is 1. The van der Waals surface area contributed by atoms with Gasteiger partial charge in [0.2, 0.25) is 5.91 Å². The number of nitro benzene ring substituents is 1. The van der Waals surface area contributed by atoms with Crippen molar-refractivity contribution in [3.05, 3.63) is 64.7 Å². The van der Waals surface area contributed by atoms with Crippen LogP contribution in [0, 0.1) is 16.0 Å². The zero-order chi connectivity index (χ0) is 21.4. The molecular formula is C20H16N4O6. The number of ether oxygens (including phenoxy) is 1. The summed E-state index contributed by atoms with van der Waals surface area (Å²) in [4.78, 5) is 50.5. The number of hydrogen-bond acceptors (Lipinski definition) is 8. The second-order valence-electron chi connectivity index (χ2n) is 6.57. The first-order valence-electron chi connectivity index (χ1n) is 9.16. The molecule has 0 unspecified atom stereocenters. The molecule has 2 heterocycles. The molecule has 0 N–H and O–H groups in total. The maximum absolute atomic E-state index is 13.3. The van der Waals surface area contributed by atoms with Gasteiger partial charge in [0.15, 0.2) is 5.71 Å². The van der Waals surface area contributed by atoms with Gasteiger partial charge in [0.25, 0.3) is 11.6 Å². The van der Waals surface area contributed by atoms with Gasteiger partial charge < -0.3 is 4.74 Å². The van der Waals surface area contributed by atoms with Crippen molar-refractivity contribution in [2.75, 3.05) is 16.5 Å². The number of nitrogens with zero attached hydrogens (tertiary/aromatic N) is 4. The minimum absolute atomic E-state index is 0.0661. The molecule has 1 saturated heterocycles. The molecule has 0 aromatic heterocycles. The molecular weight excluding hydrogens is 392 g/mol. The van der Waals surface area contributed by atoms with E-state index >= 15 is 0 Å². The number of amides is 2. The van der Waals surface area contributed by atoms with E-state index in [1.165, 1.54) is 29.3 Å². The standard InChI is InChI=1S/C20H16N4O6/c1-2-30-20(27)16-15-17(23(21-16)12-8-4-3-5-9-12)19(26)22(18(15)25)13-10-6-7-11-14(13)24(28)29/h3-11,15,17H,2H2,1H3/t15-,17-/m0/s1. The Morgan fingerprint density at radius 3 is 2.43 bits per heavy atom. The zero-order valence-corrected chi connectivity index (χ0v) is 15.8. The maximum atomic E-state index is 13.3. The molecule has 10 heteroatoms. The Morgan fingerprint density at radius 2 is 1.77 bits per heavy atom. The topological polar surface area (TPSA) is 122 Å². The highest BCUT2D eigenvalue weighted by molar-refractivity contribution is 6.47. The number of benzene rings is 2. The quantitative estimate of drug-likeness (QED) is 0.320. The lowest BCUT2D eigenvalue weighted by molar-refractivity contribution is -0.384. The third-order valence-electron chi connectivity index (χ3n) is 4.87. The minimum atomic E-state index is -1.23. The Hall–Kier alpha value is -4.08. The van der Waals surface area contributed by atoms with E-state index in [9.17, 15) is 24.5 Å². The average Bonchev–Trinajstić information content (AvgIpc) is 3.26. The summed E-state index contributed by atoms with van der Waals surface area (Å²) in [7, 11) is 0. The first kappa shape index (κ1) is 19.2. The molecule has 30 heavy (non-hydrogen) atoms. The molecule has 2 aromatic carbocycles. The summed E-state index contributed by atoms with van der Waals surface area (Å²) in [6.45, 7) is 1.68. The molecule has 0 saturated carbocycles. The van der Waals surface area contributed by atoms with Crippen molar-refractivity contribution < 1.29 is 24.0 Å². The average molecular weight is 408 g/mol. The monoisotopic (exact) mass is 408 g/mol. The van der Waals surface area contributed by atoms with E-state index in [-0.39, 0.29) is 23.7 Å². The maximum Gasteiger partial charge on any atom is 0.355 e. The van der Waals surface area contributed by atoms with E-state index in [1.54, 1.807) is 37.3 Å². The van der Waals surface area contributed by atoms with Crippen LogP contribution in [0.3, 0.4) is 0 Å². The van der Waals surface area contributed by atoms with Gasteiger partial charge in [0.1, 0.15) is 17.6 Å². The second kappa shape index (κ2) is 7.39. The number of imide groups is 1. The number of hydrogen-bond donors (Lipinski definition) is 0. The molecule has 1 fully saturated rings. The fourth-order valence-electron chi connectivity index (χ4n) is 3.63. The van der Waals surface area contributed by atoms with Crippen molar-refractivity contribution in [2.24, 2.45) is 11.0 Å². The third kappa shape index (κ3) is 2.89. The van der Waals surface area contributed by atoms with Crippen molar-refractivity contribution in [3.8, 4) is 0 Å². The second-order valence-corrected chi connectivity index (χ2v) is 6.57. The summed E-state index contributed by atoms with van der Waals surface area (Å²) in [5.41, 5.74) is -0.245. The number of carbonyl (C=O) groups excluding carboxylic acids is 3. The molecule has 2 amide bonds. The van der Waals surface area contributed by atoms with Crippen LogP contribution >= 0.6 is 0 Å². The lowest BCUT2D eigenvalue weighted by atomic mass is 9.98. The molecule has 0 bridgehead atoms. The van der Waals surface area contributed by atoms with Gasteiger partial charge in [0.05, 0.1) is 17.2 Å². The van der Waals surface area contributed by atoms with Gasteiger partial charge in [-0.15, -0.1) is 0 Å². The van der Waals surface area contributed by atoms with E-state index in [1.807, 2.05) is 0 Å². The largest absolute Gasteiger partial charge is 0.461 e. The van der Waals surface area contributed by atoms with Crippen LogP contribution in [0.5, 0.6) is 0 Å². The normalized spacial score (nSPS) is 20.2. The lowest BCUT2D eigenvalue weighted by Crippen LogP contribution is -2.39. The van der Waals surface area contributed by atoms with Crippen molar-refractivity contribution in [2.45, 2.75) is 13.0 Å². The Kier molecular flexibility index (Phi) is 4.74. The summed E-state index contributed by atoms with van der Waals surface area (Å²) in [5, 5.41) is 16.9. The molecule has 152 valence electrons. The number of fused-ring (bicyclic) bond motifs is 1. The highest BCUT2D eigenvalue weighted by Crippen LogP contribution is 2.40. The number of rotatable bonds is 5. The molecule has 2 aliphatic rings. The van der Waals surface area contributed by atoms with Gasteiger partial charge in [-0.05, 0) is 25.1 Å². The third-order valence-corrected chi connectivity index (χ3v) is 4.87. The van der Waals surface area contributed by atoms with Gasteiger partial charge in [-0.3, -0.25) is 24.7 Å². The van der Waals surface area contributed by atoms with Gasteiger partial charge in [-0.25, -0.2) is 9.69 Å². The molecule has 2 aromatic rings. The molecule has 2 aliphatic heterocycles. The Morgan fingerprint density at radius 1 is 1.10 bits per heavy atom. The number of esters is 1. The van der Waals surface area contributed by atoms with E-state index in [0.717, 1.165) is 4.90 Å². The Labute approximate surface area is 170 Å². The molecule has 4 rings (SSSR count). The van der Waals surface area contributed by atoms with Gasteiger partial charge in [0, 0.05) is 6.07 Å². The van der Waals surface area contributed by atoms with Crippen molar-refractivity contribution in [1.82, 2.24) is 0 Å². The predicted molar refractivity (Wildman–Crippen MR) is 106 cm³/mol. The van der Waals surface area contributed by atoms with Crippen molar-refractivity contribution >= 4 is 40.6 Å². The summed E-state index contributed by atoms with van der Waals surface area (Å²) in [6.07, 6.45) is 0. The number of hydrazone groups is 1. The van der Waals surface area contributed by atoms with E-state index in [2.05, 4.69) is 5.10 Å². The molecule has 0 spiro atoms. The van der Waals surface area contributed by atoms with Crippen LogP contribution in [0.2, 0.25) is 0 Å². The highest BCUT2D eigenvalue weighted by atomic mass is 16.6. The van der Waals surface area contributed by atoms with Crippen LogP contribution in [0.1, 0.15) is 6.92 Å². The number of anilines is 2. The first-order valence-corrected chi connectivity index (χ1v) is 9.16. The van der Waals surface area contributed by atoms with Crippen LogP contribution < -0.4 is 9.91 Å². The van der Waals surface area contributed by atoms with Gasteiger partial charge in [-0.1, -0.05) is 30.3 Å². The van der Waals surface area contributed by atoms with Crippen LogP contribution in [0.15, 0.2) is 59.7 Å². The van der Waals surface area contributed by atoms with Gasteiger partial charge in [-0.2, -0.15) is 5.10 Å². The zero-order valence-electron chi connectivity index (χ0n) is 15.8. The number of carbonyl (C=O) groups is 3. The fraction of sp³-hybridized carbons (Fsp3) is 0.200. The van der Waals surface area contributed by atoms with E-state index in [0.29, 0.717) is 5.69 Å². The summed E-state index contributed by atoms with van der Waals surface area (Å²) < 4.78 is 5.02. The van der Waals surface area contributed by atoms with Crippen LogP contribution in [0.25, 0.3) is 0 Å². The molecule has 0 aliphatic carbocycles. The summed E-state index contributed by atoms with van der Waals surface area (Å²) >= 11 is 0. The highest BCUT2D eigenvalue weighted by Gasteiger charge is 2.59. The van der Waals surface area contributed by atoms with Crippen LogP contribution in [-0.2, 0) is 19.1 Å². The fourth-order valence-corrected chi connectivity index (χ4v) is 3.63. The van der Waals surface area contributed by atoms with Gasteiger partial charge >= 0.3 is 5.97 Å². The SMILES string of the molecule is CCOC(=O)C1=NN(c2ccccc2)[C@@H]2C(=O)N(c3ccccc3[N+](=O)[O-])C(=O)[C@@H]12. The Balaban J connectivity index is 1.83. The summed E-state index contributed by atoms with van der Waals surface area (Å²) in [5.74, 6) is -3.50. The minimum Gasteiger partial charge on any atom is -0.461 e. The Bertz CT molecular complexity index is 1080. The predicted octanol–water partition coefficient (Wildman–Crippen LogP) is 1.89. The van der Waals surface area contributed by atoms with E-state index in [4.69, 9.17) is 4.74 Å². The van der Waals surface area contributed by atoms with Crippen LogP contribution in [0.4, 0.5) is 17.1 Å². The van der Waals surface area contributed by atoms with Crippen molar-refractivity contribution in [1.29, 1.82) is 0 Å². The molecule has 10 nitrogen and oxygen atoms in total.